The highest BCUT2D eigenvalue weighted by Gasteiger charge is 2.28. The molecule has 0 bridgehead atoms. The Kier molecular flexibility index (Phi) is 6.13. The van der Waals surface area contributed by atoms with Crippen molar-refractivity contribution in [1.29, 1.82) is 0 Å². The fraction of sp³-hybridized carbons (Fsp3) is 0.556. The summed E-state index contributed by atoms with van der Waals surface area (Å²) in [6.45, 7) is 4.49. The van der Waals surface area contributed by atoms with Gasteiger partial charge in [-0.3, -0.25) is 4.79 Å². The number of thioether (sulfide) groups is 1. The molecule has 1 aliphatic carbocycles. The van der Waals surface area contributed by atoms with E-state index in [1.807, 2.05) is 24.3 Å². The van der Waals surface area contributed by atoms with Gasteiger partial charge in [0.2, 0.25) is 11.1 Å². The molecule has 2 aromatic rings. The van der Waals surface area contributed by atoms with Crippen LogP contribution in [0.5, 0.6) is 5.75 Å². The van der Waals surface area contributed by atoms with Crippen LogP contribution in [0.2, 0.25) is 0 Å². The lowest BCUT2D eigenvalue weighted by Crippen LogP contribution is -2.44. The third kappa shape index (κ3) is 4.35. The number of nitrogens with zero attached hydrogens (tertiary/aromatic N) is 4. The van der Waals surface area contributed by atoms with Gasteiger partial charge in [-0.1, -0.05) is 38.5 Å². The molecule has 0 radical (unpaired) electrons. The predicted molar refractivity (Wildman–Crippen MR) is 101 cm³/mol. The number of amides is 1. The molecule has 3 atom stereocenters. The van der Waals surface area contributed by atoms with E-state index in [-0.39, 0.29) is 11.9 Å². The van der Waals surface area contributed by atoms with Gasteiger partial charge >= 0.3 is 0 Å². The Morgan fingerprint density at radius 2 is 2.08 bits per heavy atom. The van der Waals surface area contributed by atoms with Gasteiger partial charge in [-0.25, -0.2) is 0 Å². The zero-order valence-corrected chi connectivity index (χ0v) is 16.2. The van der Waals surface area contributed by atoms with Gasteiger partial charge in [0.15, 0.2) is 0 Å². The number of methoxy groups -OCH3 is 1. The molecule has 1 aromatic heterocycles. The first-order chi connectivity index (χ1) is 12.6. The molecule has 3 rings (SSSR count). The number of benzene rings is 1. The topological polar surface area (TPSA) is 81.9 Å². The fourth-order valence-electron chi connectivity index (χ4n) is 3.32. The smallest absolute Gasteiger partial charge is 0.230 e. The average molecular weight is 375 g/mol. The first-order valence-electron chi connectivity index (χ1n) is 8.93. The van der Waals surface area contributed by atoms with Crippen molar-refractivity contribution >= 4 is 17.7 Å². The number of rotatable bonds is 6. The molecule has 1 heterocycles. The summed E-state index contributed by atoms with van der Waals surface area (Å²) in [5.41, 5.74) is 0.827. The Bertz CT molecular complexity index is 733. The number of hydrogen-bond donors (Lipinski definition) is 1. The standard InChI is InChI=1S/C18H25N5O2S/c1-12-5-4-6-16(13(12)2)19-17(24)11-26-18-20-21-22-23(18)14-7-9-15(25-3)10-8-14/h7-10,12-13,16H,4-6,11H2,1-3H3,(H,19,24). The maximum absolute atomic E-state index is 12.4. The van der Waals surface area contributed by atoms with Gasteiger partial charge in [0.05, 0.1) is 18.6 Å². The summed E-state index contributed by atoms with van der Waals surface area (Å²) < 4.78 is 6.79. The van der Waals surface area contributed by atoms with Crippen LogP contribution in [0.4, 0.5) is 0 Å². The summed E-state index contributed by atoms with van der Waals surface area (Å²) >= 11 is 1.34. The second-order valence-electron chi connectivity index (χ2n) is 6.80. The molecule has 8 heteroatoms. The second-order valence-corrected chi connectivity index (χ2v) is 7.74. The Labute approximate surface area is 157 Å². The van der Waals surface area contributed by atoms with E-state index in [2.05, 4.69) is 34.7 Å². The van der Waals surface area contributed by atoms with Crippen LogP contribution in [0.1, 0.15) is 33.1 Å². The molecule has 1 saturated carbocycles. The lowest BCUT2D eigenvalue weighted by Gasteiger charge is -2.34. The lowest BCUT2D eigenvalue weighted by atomic mass is 9.78. The van der Waals surface area contributed by atoms with Gasteiger partial charge in [0.25, 0.3) is 0 Å². The van der Waals surface area contributed by atoms with E-state index in [1.54, 1.807) is 11.8 Å². The Morgan fingerprint density at radius 1 is 1.31 bits per heavy atom. The van der Waals surface area contributed by atoms with Crippen LogP contribution in [-0.2, 0) is 4.79 Å². The lowest BCUT2D eigenvalue weighted by molar-refractivity contribution is -0.120. The van der Waals surface area contributed by atoms with E-state index >= 15 is 0 Å². The molecular formula is C18H25N5O2S. The number of ether oxygens (including phenoxy) is 1. The molecule has 1 amide bonds. The molecule has 1 aliphatic rings. The number of hydrogen-bond acceptors (Lipinski definition) is 6. The van der Waals surface area contributed by atoms with E-state index in [1.165, 1.54) is 24.6 Å². The van der Waals surface area contributed by atoms with E-state index in [9.17, 15) is 4.79 Å². The maximum atomic E-state index is 12.4. The van der Waals surface area contributed by atoms with Gasteiger partial charge in [-0.2, -0.15) is 4.68 Å². The number of nitrogens with one attached hydrogen (secondary N) is 1. The zero-order chi connectivity index (χ0) is 18.5. The predicted octanol–water partition coefficient (Wildman–Crippen LogP) is 2.70. The zero-order valence-electron chi connectivity index (χ0n) is 15.4. The van der Waals surface area contributed by atoms with E-state index in [0.29, 0.717) is 22.7 Å². The van der Waals surface area contributed by atoms with Crippen molar-refractivity contribution in [1.82, 2.24) is 25.5 Å². The summed E-state index contributed by atoms with van der Waals surface area (Å²) in [6, 6.07) is 7.73. The van der Waals surface area contributed by atoms with Crippen molar-refractivity contribution in [3.63, 3.8) is 0 Å². The minimum Gasteiger partial charge on any atom is -0.497 e. The normalized spacial score (nSPS) is 22.8. The van der Waals surface area contributed by atoms with E-state index in [0.717, 1.165) is 17.9 Å². The highest BCUT2D eigenvalue weighted by atomic mass is 32.2. The summed E-state index contributed by atoms with van der Waals surface area (Å²) in [5.74, 6) is 2.27. The Morgan fingerprint density at radius 3 is 2.81 bits per heavy atom. The van der Waals surface area contributed by atoms with Crippen LogP contribution in [0, 0.1) is 11.8 Å². The highest BCUT2D eigenvalue weighted by Crippen LogP contribution is 2.29. The fourth-order valence-corrected chi connectivity index (χ4v) is 4.02. The van der Waals surface area contributed by atoms with Gasteiger partial charge in [0.1, 0.15) is 5.75 Å². The summed E-state index contributed by atoms with van der Waals surface area (Å²) in [5, 5.41) is 15.6. The molecule has 3 unspecified atom stereocenters. The number of tetrazole rings is 1. The molecular weight excluding hydrogens is 350 g/mol. The van der Waals surface area contributed by atoms with E-state index in [4.69, 9.17) is 4.74 Å². The van der Waals surface area contributed by atoms with Crippen LogP contribution in [0.3, 0.4) is 0 Å². The van der Waals surface area contributed by atoms with Crippen molar-refractivity contribution in [2.45, 2.75) is 44.3 Å². The SMILES string of the molecule is COc1ccc(-n2nnnc2SCC(=O)NC2CCCC(C)C2C)cc1. The largest absolute Gasteiger partial charge is 0.497 e. The third-order valence-corrected chi connectivity index (χ3v) is 6.06. The monoisotopic (exact) mass is 375 g/mol. The van der Waals surface area contributed by atoms with Crippen LogP contribution in [-0.4, -0.2) is 45.0 Å². The summed E-state index contributed by atoms with van der Waals surface area (Å²) in [7, 11) is 1.62. The molecule has 7 nitrogen and oxygen atoms in total. The van der Waals surface area contributed by atoms with Crippen molar-refractivity contribution in [2.75, 3.05) is 12.9 Å². The second kappa shape index (κ2) is 8.53. The van der Waals surface area contributed by atoms with Crippen molar-refractivity contribution in [3.05, 3.63) is 24.3 Å². The minimum atomic E-state index is 0.0326. The molecule has 1 fully saturated rings. The molecule has 26 heavy (non-hydrogen) atoms. The van der Waals surface area contributed by atoms with Gasteiger partial charge < -0.3 is 10.1 Å². The number of aromatic nitrogens is 4. The van der Waals surface area contributed by atoms with Gasteiger partial charge in [-0.15, -0.1) is 5.10 Å². The molecule has 0 spiro atoms. The van der Waals surface area contributed by atoms with Crippen molar-refractivity contribution in [3.8, 4) is 11.4 Å². The molecule has 0 aliphatic heterocycles. The Balaban J connectivity index is 1.58. The van der Waals surface area contributed by atoms with Crippen LogP contribution in [0.25, 0.3) is 5.69 Å². The van der Waals surface area contributed by atoms with Crippen LogP contribution >= 0.6 is 11.8 Å². The third-order valence-electron chi connectivity index (χ3n) is 5.14. The first kappa shape index (κ1) is 18.7. The summed E-state index contributed by atoms with van der Waals surface area (Å²) in [4.78, 5) is 12.4. The highest BCUT2D eigenvalue weighted by molar-refractivity contribution is 7.99. The minimum absolute atomic E-state index is 0.0326. The molecule has 1 N–H and O–H groups in total. The first-order valence-corrected chi connectivity index (χ1v) is 9.92. The van der Waals surface area contributed by atoms with Gasteiger partial charge in [-0.05, 0) is 52.9 Å². The van der Waals surface area contributed by atoms with Crippen LogP contribution < -0.4 is 10.1 Å². The van der Waals surface area contributed by atoms with Crippen molar-refractivity contribution < 1.29 is 9.53 Å². The number of carbonyl (C=O) groups excluding carboxylic acids is 1. The maximum Gasteiger partial charge on any atom is 0.230 e. The van der Waals surface area contributed by atoms with Crippen molar-refractivity contribution in [2.24, 2.45) is 11.8 Å². The van der Waals surface area contributed by atoms with Crippen LogP contribution in [0.15, 0.2) is 29.4 Å². The summed E-state index contributed by atoms with van der Waals surface area (Å²) in [6.07, 6.45) is 3.49. The van der Waals surface area contributed by atoms with E-state index < -0.39 is 0 Å². The molecule has 0 saturated heterocycles. The Hall–Kier alpha value is -2.09. The molecule has 1 aromatic carbocycles. The average Bonchev–Trinajstić information content (AvgIpc) is 3.12. The number of carbonyl (C=O) groups is 1. The quantitative estimate of drug-likeness (QED) is 0.782. The molecule has 140 valence electrons. The van der Waals surface area contributed by atoms with Gasteiger partial charge in [0, 0.05) is 6.04 Å².